The van der Waals surface area contributed by atoms with Crippen LogP contribution in [0.4, 0.5) is 24.5 Å². The van der Waals surface area contributed by atoms with E-state index in [4.69, 9.17) is 23.2 Å². The van der Waals surface area contributed by atoms with Crippen molar-refractivity contribution in [1.82, 2.24) is 34.0 Å². The van der Waals surface area contributed by atoms with Crippen LogP contribution in [0.3, 0.4) is 0 Å². The first-order valence-corrected chi connectivity index (χ1v) is 20.0. The van der Waals surface area contributed by atoms with E-state index < -0.39 is 28.0 Å². The number of rotatable bonds is 7. The number of piperazine rings is 1. The molecule has 0 saturated carbocycles. The van der Waals surface area contributed by atoms with Crippen LogP contribution in [0.5, 0.6) is 0 Å². The van der Waals surface area contributed by atoms with Gasteiger partial charge >= 0.3 is 16.4 Å². The number of aromatic nitrogens is 4. The molecule has 1 atom stereocenters. The van der Waals surface area contributed by atoms with E-state index in [1.807, 2.05) is 28.8 Å². The van der Waals surface area contributed by atoms with E-state index in [9.17, 15) is 31.2 Å². The van der Waals surface area contributed by atoms with E-state index in [-0.39, 0.29) is 75.5 Å². The average molecular weight is 827 g/mol. The number of nitrogens with one attached hydrogen (secondary N) is 3. The molecule has 0 aliphatic carbocycles. The zero-order valence-corrected chi connectivity index (χ0v) is 31.6. The van der Waals surface area contributed by atoms with Gasteiger partial charge in [0.2, 0.25) is 11.8 Å². The minimum Gasteiger partial charge on any atom is -0.368 e. The zero-order valence-electron chi connectivity index (χ0n) is 29.3. The molecule has 3 aromatic carbocycles. The molecule has 3 saturated heterocycles. The van der Waals surface area contributed by atoms with Crippen LogP contribution in [0, 0.1) is 0 Å². The molecule has 3 N–H and O–H groups in total. The van der Waals surface area contributed by atoms with Crippen molar-refractivity contribution in [3.63, 3.8) is 0 Å². The van der Waals surface area contributed by atoms with Crippen molar-refractivity contribution >= 4 is 89.6 Å². The lowest BCUT2D eigenvalue weighted by Crippen LogP contribution is -2.63. The lowest BCUT2D eigenvalue weighted by Gasteiger charge is -2.49. The number of benzene rings is 3. The van der Waals surface area contributed by atoms with Crippen LogP contribution in [0.1, 0.15) is 24.4 Å². The van der Waals surface area contributed by atoms with Crippen molar-refractivity contribution in [2.75, 3.05) is 48.9 Å². The first kappa shape index (κ1) is 36.7. The number of carbonyl (C=O) groups is 2. The van der Waals surface area contributed by atoms with Gasteiger partial charge in [-0.2, -0.15) is 25.9 Å². The summed E-state index contributed by atoms with van der Waals surface area (Å²) < 4.78 is 73.5. The van der Waals surface area contributed by atoms with Gasteiger partial charge in [0.1, 0.15) is 23.0 Å². The molecule has 3 aliphatic rings. The quantitative estimate of drug-likeness (QED) is 0.161. The Hall–Kier alpha value is -4.94. The summed E-state index contributed by atoms with van der Waals surface area (Å²) in [5, 5.41) is 4.41. The number of imide groups is 1. The smallest absolute Gasteiger partial charge is 0.368 e. The standard InChI is InChI=1S/C37H32Cl2F3N9O4S/c38-21-3-5-28(26(16-21)34-44-29-15-20(37(40,41)42)14-27(39)33(29)46-34)47-56(54,55)50-12-10-48(11-13-50)23-18-49(19-23)22-4-6-30-25(17-22)24-2-1-9-43-35(24)51(30)31-7-8-32(52)45-36(31)53/h1-6,9,14-17,23,31,47H,7-8,10-13,18-19H2,(H,44,46)(H,45,52,53). The maximum absolute atomic E-state index is 13.7. The molecular weight excluding hydrogens is 794 g/mol. The summed E-state index contributed by atoms with van der Waals surface area (Å²) in [6, 6.07) is 15.8. The Kier molecular flexibility index (Phi) is 8.92. The predicted molar refractivity (Wildman–Crippen MR) is 207 cm³/mol. The fourth-order valence-electron chi connectivity index (χ4n) is 7.88. The largest absolute Gasteiger partial charge is 0.416 e. The highest BCUT2D eigenvalue weighted by molar-refractivity contribution is 7.90. The van der Waals surface area contributed by atoms with Crippen LogP contribution in [-0.4, -0.2) is 94.3 Å². The van der Waals surface area contributed by atoms with E-state index in [2.05, 4.69) is 40.9 Å². The van der Waals surface area contributed by atoms with E-state index in [1.54, 1.807) is 6.20 Å². The van der Waals surface area contributed by atoms with E-state index in [1.165, 1.54) is 22.5 Å². The SMILES string of the molecule is O=C1CCC(n2c3ccc(N4CC(N5CCN(S(=O)(=O)Nc6ccc(Cl)cc6-c6nc7c(Cl)cc(C(F)(F)F)cc7[nH]6)CC5)C4)cc3c3cccnc32)C(=O)N1. The molecule has 9 rings (SSSR count). The molecule has 1 unspecified atom stereocenters. The van der Waals surface area contributed by atoms with Crippen molar-refractivity contribution in [3.8, 4) is 11.4 Å². The van der Waals surface area contributed by atoms with E-state index in [0.29, 0.717) is 25.2 Å². The monoisotopic (exact) mass is 825 g/mol. The van der Waals surface area contributed by atoms with Crippen LogP contribution in [0.15, 0.2) is 66.9 Å². The average Bonchev–Trinajstić information content (AvgIpc) is 3.72. The highest BCUT2D eigenvalue weighted by Crippen LogP contribution is 2.39. The predicted octanol–water partition coefficient (Wildman–Crippen LogP) is 6.20. The van der Waals surface area contributed by atoms with Gasteiger partial charge in [-0.3, -0.25) is 24.5 Å². The fraction of sp³-hybridized carbons (Fsp3) is 0.297. The molecule has 6 aromatic rings. The van der Waals surface area contributed by atoms with Gasteiger partial charge in [-0.05, 0) is 67.1 Å². The number of anilines is 2. The van der Waals surface area contributed by atoms with Gasteiger partial charge < -0.3 is 14.5 Å². The maximum atomic E-state index is 13.7. The third-order valence-electron chi connectivity index (χ3n) is 10.8. The Morgan fingerprint density at radius 3 is 2.46 bits per heavy atom. The summed E-state index contributed by atoms with van der Waals surface area (Å²) in [6.45, 7) is 3.02. The Morgan fingerprint density at radius 1 is 0.929 bits per heavy atom. The third-order valence-corrected chi connectivity index (χ3v) is 12.8. The Labute approximate surface area is 327 Å². The number of piperidine rings is 1. The number of pyridine rings is 1. The summed E-state index contributed by atoms with van der Waals surface area (Å²) in [4.78, 5) is 41.0. The highest BCUT2D eigenvalue weighted by atomic mass is 35.5. The van der Waals surface area contributed by atoms with Crippen molar-refractivity contribution in [1.29, 1.82) is 0 Å². The second kappa shape index (κ2) is 13.6. The normalized spacial score (nSPS) is 19.2. The number of H-pyrrole nitrogens is 1. The summed E-state index contributed by atoms with van der Waals surface area (Å²) in [5.74, 6) is -0.511. The second-order valence-electron chi connectivity index (χ2n) is 14.1. The summed E-state index contributed by atoms with van der Waals surface area (Å²) in [6.07, 6.45) is -2.27. The Balaban J connectivity index is 0.869. The Bertz CT molecular complexity index is 2690. The third kappa shape index (κ3) is 6.50. The number of fused-ring (bicyclic) bond motifs is 4. The van der Waals surface area contributed by atoms with Crippen molar-refractivity contribution in [3.05, 3.63) is 82.5 Å². The number of halogens is 5. The number of imidazole rings is 1. The van der Waals surface area contributed by atoms with Crippen molar-refractivity contribution in [2.24, 2.45) is 0 Å². The number of hydrogen-bond acceptors (Lipinski definition) is 8. The molecule has 0 spiro atoms. The van der Waals surface area contributed by atoms with Crippen LogP contribution in [0.25, 0.3) is 44.4 Å². The van der Waals surface area contributed by atoms with E-state index in [0.717, 1.165) is 47.2 Å². The first-order chi connectivity index (χ1) is 26.7. The maximum Gasteiger partial charge on any atom is 0.416 e. The second-order valence-corrected chi connectivity index (χ2v) is 16.7. The minimum atomic E-state index is -4.62. The lowest BCUT2D eigenvalue weighted by molar-refractivity contribution is -0.138. The molecule has 19 heteroatoms. The summed E-state index contributed by atoms with van der Waals surface area (Å²) in [5.41, 5.74) is 2.16. The van der Waals surface area contributed by atoms with Gasteiger partial charge in [0.15, 0.2) is 0 Å². The number of alkyl halides is 3. The number of amides is 2. The molecule has 13 nitrogen and oxygen atoms in total. The summed E-state index contributed by atoms with van der Waals surface area (Å²) in [7, 11) is -4.05. The topological polar surface area (TPSA) is 149 Å². The Morgan fingerprint density at radius 2 is 1.71 bits per heavy atom. The molecule has 3 aromatic heterocycles. The molecule has 290 valence electrons. The molecule has 2 amide bonds. The lowest BCUT2D eigenvalue weighted by atomic mass is 10.0. The van der Waals surface area contributed by atoms with Crippen molar-refractivity contribution < 1.29 is 31.2 Å². The highest BCUT2D eigenvalue weighted by Gasteiger charge is 2.37. The fourth-order valence-corrected chi connectivity index (χ4v) is 9.54. The molecule has 56 heavy (non-hydrogen) atoms. The molecule has 6 heterocycles. The van der Waals surface area contributed by atoms with Gasteiger partial charge in [0.05, 0.1) is 27.3 Å². The van der Waals surface area contributed by atoms with Gasteiger partial charge in [0.25, 0.3) is 0 Å². The van der Waals surface area contributed by atoms with Crippen LogP contribution in [0.2, 0.25) is 10.0 Å². The van der Waals surface area contributed by atoms with Gasteiger partial charge in [-0.25, -0.2) is 9.97 Å². The molecule has 0 radical (unpaired) electrons. The molecule has 3 fully saturated rings. The molecular formula is C37H32Cl2F3N9O4S. The van der Waals surface area contributed by atoms with Gasteiger partial charge in [-0.1, -0.05) is 23.2 Å². The van der Waals surface area contributed by atoms with Crippen molar-refractivity contribution in [2.45, 2.75) is 31.1 Å². The van der Waals surface area contributed by atoms with Crippen LogP contribution >= 0.6 is 23.2 Å². The number of nitrogens with zero attached hydrogens (tertiary/aromatic N) is 6. The number of aromatic amines is 1. The minimum absolute atomic E-state index is 0.0366. The zero-order chi connectivity index (χ0) is 39.1. The van der Waals surface area contributed by atoms with Crippen LogP contribution < -0.4 is 14.9 Å². The molecule has 0 bridgehead atoms. The summed E-state index contributed by atoms with van der Waals surface area (Å²) >= 11 is 12.4. The van der Waals surface area contributed by atoms with Gasteiger partial charge in [0, 0.05) is 85.0 Å². The number of hydrogen-bond donors (Lipinski definition) is 3. The van der Waals surface area contributed by atoms with Gasteiger partial charge in [-0.15, -0.1) is 0 Å². The van der Waals surface area contributed by atoms with E-state index >= 15 is 0 Å². The number of carbonyl (C=O) groups excluding carboxylic acids is 2. The van der Waals surface area contributed by atoms with Crippen LogP contribution in [-0.2, 0) is 26.0 Å². The molecule has 3 aliphatic heterocycles. The first-order valence-electron chi connectivity index (χ1n) is 17.8.